The fraction of sp³-hybridized carbons (Fsp3) is 0.571. The van der Waals surface area contributed by atoms with Crippen molar-refractivity contribution >= 4 is 119 Å². The van der Waals surface area contributed by atoms with Gasteiger partial charge in [-0.1, -0.05) is 0 Å². The lowest BCUT2D eigenvalue weighted by Gasteiger charge is -2.34. The lowest BCUT2D eigenvalue weighted by molar-refractivity contribution is -0.150. The van der Waals surface area contributed by atoms with E-state index in [2.05, 4.69) is 74.4 Å². The lowest BCUT2D eigenvalue weighted by atomic mass is 10.0. The molecule has 0 aromatic carbocycles. The van der Waals surface area contributed by atoms with E-state index >= 15 is 0 Å². The van der Waals surface area contributed by atoms with Crippen LogP contribution in [0.1, 0.15) is 102 Å². The molecular formula is C63H92N18O28. The van der Waals surface area contributed by atoms with Crippen molar-refractivity contribution in [3.63, 3.8) is 0 Å². The number of carboxylic acids is 2. The molecule has 0 radical (unpaired) electrons. The van der Waals surface area contributed by atoms with Gasteiger partial charge in [0.25, 0.3) is 0 Å². The highest BCUT2D eigenvalue weighted by Crippen LogP contribution is 2.40. The van der Waals surface area contributed by atoms with Crippen LogP contribution in [-0.4, -0.2) is 295 Å². The Hall–Kier alpha value is -11.6. The number of carbonyl (C=O) groups is 18. The third-order valence-electron chi connectivity index (χ3n) is 16.7. The van der Waals surface area contributed by atoms with E-state index in [1.54, 1.807) is 0 Å². The van der Waals surface area contributed by atoms with Gasteiger partial charge in [0.2, 0.25) is 101 Å². The van der Waals surface area contributed by atoms with Gasteiger partial charge in [-0.2, -0.15) is 0 Å². The number of aromatic hydroxyl groups is 1. The number of fused-ring (bicyclic) bond motifs is 3. The Bertz CT molecular complexity index is 3640. The van der Waals surface area contributed by atoms with Gasteiger partial charge in [0.1, 0.15) is 66.2 Å². The number of anilines is 2. The first kappa shape index (κ1) is 89.8. The smallest absolute Gasteiger partial charge is 0.372 e. The summed E-state index contributed by atoms with van der Waals surface area (Å²) in [6, 6.07) is -13.4. The summed E-state index contributed by atoms with van der Waals surface area (Å²) in [6.45, 7) is -7.17. The number of phenols is 1. The zero-order valence-corrected chi connectivity index (χ0v) is 58.7. The number of carbonyl (C=O) groups excluding carboxylic acids is 16. The largest absolute Gasteiger partial charge is 0.504 e. The van der Waals surface area contributed by atoms with Crippen molar-refractivity contribution in [2.24, 2.45) is 5.73 Å². The Morgan fingerprint density at radius 2 is 1.12 bits per heavy atom. The molecule has 4 aliphatic rings. The molecule has 0 saturated carbocycles. The third kappa shape index (κ3) is 29.2. The molecule has 46 heteroatoms. The predicted molar refractivity (Wildman–Crippen MR) is 368 cm³/mol. The van der Waals surface area contributed by atoms with Crippen molar-refractivity contribution in [2.75, 3.05) is 82.9 Å². The van der Waals surface area contributed by atoms with Crippen LogP contribution in [0.4, 0.5) is 11.5 Å². The normalized spacial score (nSPS) is 18.1. The van der Waals surface area contributed by atoms with Crippen LogP contribution in [0.15, 0.2) is 23.0 Å². The van der Waals surface area contributed by atoms with Gasteiger partial charge in [0, 0.05) is 57.1 Å². The number of ketones is 1. The van der Waals surface area contributed by atoms with E-state index in [-0.39, 0.29) is 130 Å². The van der Waals surface area contributed by atoms with Crippen molar-refractivity contribution in [3.8, 4) is 17.0 Å². The van der Waals surface area contributed by atoms with Crippen LogP contribution < -0.4 is 85.6 Å². The second kappa shape index (κ2) is 45.8. The summed E-state index contributed by atoms with van der Waals surface area (Å²) >= 11 is 0. The number of nitrogens with two attached hydrogens (primary N) is 1. The number of aliphatic hydroxyl groups excluding tert-OH is 4. The Morgan fingerprint density at radius 1 is 0.569 bits per heavy atom. The topological polar surface area (TPSA) is 712 Å². The number of nitrogens with zero attached hydrogens (tertiary/aromatic N) is 3. The molecule has 1 aliphatic carbocycles. The number of aromatic nitrogens is 1. The van der Waals surface area contributed by atoms with E-state index in [0.717, 1.165) is 12.1 Å². The maximum Gasteiger partial charge on any atom is 0.372 e. The number of hydroxylamine groups is 4. The van der Waals surface area contributed by atoms with Gasteiger partial charge in [-0.15, -0.1) is 0 Å². The average molecular weight is 1550 g/mol. The molecule has 15 amide bonds. The molecule has 0 bridgehead atoms. The summed E-state index contributed by atoms with van der Waals surface area (Å²) in [7, 11) is 0. The Morgan fingerprint density at radius 3 is 1.72 bits per heavy atom. The van der Waals surface area contributed by atoms with Crippen LogP contribution in [-0.2, 0) is 86.3 Å². The third-order valence-corrected chi connectivity index (χ3v) is 16.7. The molecule has 602 valence electrons. The molecule has 1 saturated heterocycles. The number of aliphatic hydroxyl groups is 4. The number of benzene rings is 1. The molecule has 9 unspecified atom stereocenters. The number of pyridine rings is 1. The monoisotopic (exact) mass is 1550 g/mol. The van der Waals surface area contributed by atoms with E-state index in [0.29, 0.717) is 6.42 Å². The van der Waals surface area contributed by atoms with E-state index in [1.807, 2.05) is 0 Å². The van der Waals surface area contributed by atoms with Gasteiger partial charge in [0.05, 0.1) is 50.9 Å². The maximum atomic E-state index is 14.2. The molecule has 109 heavy (non-hydrogen) atoms. The standard InChI is InChI=1S/C63H92N18O28/c64-16-3-1-7-33(72-60(103)42(29-85)78-62(105)43-15-18-65-52-38(71-48(91)13-12-45(88)63(106)107)21-32-22-46(89)47(90)23-44(32)81(43)52)53(96)67-24-49(92)70-35(9-5-19-79(108)30-86)57(100)77-41(28-84)61(104)76-40(27-83)55(98)68-25-50(93)69-34-8-2-4-17-66-54(97)39(26-82)75-59(102)37(11-14-51(94)95)74-58(101)36(73-56(34)99)10-6-20-80(109)31-87/h21-23,30-31,33-37,39-43,65,82-85,89,108-109H,1-20,24-29,64H2,(H,66,97)(H,67,96)(H,68,98)(H,69,93)(H,70,92)(H,71,91)(H,72,103)(H,73,99)(H,74,101)(H,75,102)(H,76,104)(H,77,100)(H,78,105)(H,94,95)(H,106,107)/t33?,34?,35?,36?,37?,39?,40?,41?,42?,43-/m0/s1. The van der Waals surface area contributed by atoms with Crippen LogP contribution in [0.5, 0.6) is 5.75 Å². The van der Waals surface area contributed by atoms with Gasteiger partial charge in [0.15, 0.2) is 5.75 Å². The first-order chi connectivity index (χ1) is 51.8. The first-order valence-electron chi connectivity index (χ1n) is 34.3. The molecule has 0 spiro atoms. The molecule has 3 aliphatic heterocycles. The molecule has 46 nitrogen and oxygen atoms in total. The fourth-order valence-corrected chi connectivity index (χ4v) is 10.9. The summed E-state index contributed by atoms with van der Waals surface area (Å²) in [5.41, 5.74) is 4.89. The summed E-state index contributed by atoms with van der Waals surface area (Å²) in [6.07, 6.45) is -3.48. The number of hydrogen-bond donors (Lipinski definition) is 24. The van der Waals surface area contributed by atoms with Gasteiger partial charge in [-0.25, -0.2) is 14.9 Å². The highest BCUT2D eigenvalue weighted by atomic mass is 16.5. The zero-order chi connectivity index (χ0) is 81.0. The van der Waals surface area contributed by atoms with Crippen LogP contribution in [0.3, 0.4) is 0 Å². The number of unbranched alkanes of at least 4 members (excludes halogenated alkanes) is 1. The van der Waals surface area contributed by atoms with Crippen molar-refractivity contribution in [1.29, 1.82) is 0 Å². The highest BCUT2D eigenvalue weighted by molar-refractivity contribution is 6.33. The Kier molecular flexibility index (Phi) is 37.7. The van der Waals surface area contributed by atoms with Gasteiger partial charge < -0.3 is 120 Å². The molecule has 4 rings (SSSR count). The molecule has 1 fully saturated rings. The van der Waals surface area contributed by atoms with E-state index in [9.17, 15) is 132 Å². The second-order valence-electron chi connectivity index (χ2n) is 24.8. The lowest BCUT2D eigenvalue weighted by Crippen LogP contribution is -2.60. The van der Waals surface area contributed by atoms with Crippen molar-refractivity contribution < 1.29 is 132 Å². The minimum Gasteiger partial charge on any atom is -0.504 e. The van der Waals surface area contributed by atoms with Crippen LogP contribution in [0.25, 0.3) is 11.3 Å². The molecule has 10 atom stereocenters. The number of amides is 15. The molecule has 0 aromatic rings. The average Bonchev–Trinajstić information content (AvgIpc) is 0.748. The number of Topliss-reactive ketones (excluding diaryl/α,β-unsaturated/α-hetero) is 1. The Labute approximate surface area is 618 Å². The maximum absolute atomic E-state index is 14.2. The zero-order valence-electron chi connectivity index (χ0n) is 58.7. The first-order valence-corrected chi connectivity index (χ1v) is 34.3. The van der Waals surface area contributed by atoms with E-state index in [1.165, 1.54) is 10.6 Å². The van der Waals surface area contributed by atoms with E-state index in [4.69, 9.17) is 10.8 Å². The number of rotatable bonds is 42. The number of nitrogens with one attached hydrogen (secondary N) is 14. The molecule has 3 heterocycles. The molecule has 25 N–H and O–H groups in total. The van der Waals surface area contributed by atoms with Gasteiger partial charge >= 0.3 is 11.9 Å². The fourth-order valence-electron chi connectivity index (χ4n) is 10.9. The van der Waals surface area contributed by atoms with E-state index < -0.39 is 244 Å². The van der Waals surface area contributed by atoms with Crippen molar-refractivity contribution in [3.05, 3.63) is 28.4 Å². The molecule has 0 aromatic heterocycles. The van der Waals surface area contributed by atoms with Crippen LogP contribution in [0.2, 0.25) is 0 Å². The highest BCUT2D eigenvalue weighted by Gasteiger charge is 2.38. The number of carboxylic acid groups (broad SMARTS) is 2. The quantitative estimate of drug-likeness (QED) is 0.00965. The SMILES string of the molecule is NCCCCC(NC(=O)C(CO)NC(=O)[C@@H]1CCNc2c(NC(=O)CCC(=O)C(=O)O)cc3cc(O)c(=O)cc-3n21)C(=O)NCC(=O)NC(CCCN(O)C=O)C(=O)NC(CO)C(=O)NC(CO)C(=O)NCC(=O)NC1CCCCNC(=O)C(CO)NC(=O)C(CCC(=O)O)NC(=O)C(CCCN(O)C=O)NC1=O. The minimum absolute atomic E-state index is 0.0114. The van der Waals surface area contributed by atoms with Crippen LogP contribution >= 0.6 is 0 Å². The van der Waals surface area contributed by atoms with Gasteiger partial charge in [-0.05, 0) is 95.7 Å². The predicted octanol–water partition coefficient (Wildman–Crippen LogP) is -10.5. The summed E-state index contributed by atoms with van der Waals surface area (Å²) in [5, 5.41) is 122. The summed E-state index contributed by atoms with van der Waals surface area (Å²) < 4.78 is 1.27. The second-order valence-corrected chi connectivity index (χ2v) is 24.8. The van der Waals surface area contributed by atoms with Crippen molar-refractivity contribution in [1.82, 2.24) is 78.5 Å². The molecular weight excluding hydrogens is 1460 g/mol. The van der Waals surface area contributed by atoms with Crippen molar-refractivity contribution in [2.45, 2.75) is 157 Å². The summed E-state index contributed by atoms with van der Waals surface area (Å²) in [4.78, 5) is 246. The number of aliphatic carboxylic acids is 2. The van der Waals surface area contributed by atoms with Gasteiger partial charge in [-0.3, -0.25) is 96.7 Å². The number of phenolic OH excluding ortho intramolecular Hbond substituents is 1. The van der Waals surface area contributed by atoms with Crippen LogP contribution in [0, 0.1) is 0 Å². The minimum atomic E-state index is -1.99. The number of hydrogen-bond acceptors (Lipinski definition) is 28. The Balaban J connectivity index is 1.45. The summed E-state index contributed by atoms with van der Waals surface area (Å²) in [5.74, 6) is -19.3.